The highest BCUT2D eigenvalue weighted by Gasteiger charge is 2.26. The van der Waals surface area contributed by atoms with Crippen LogP contribution in [0.3, 0.4) is 0 Å². The van der Waals surface area contributed by atoms with Gasteiger partial charge in [-0.3, -0.25) is 4.90 Å². The van der Waals surface area contributed by atoms with E-state index in [2.05, 4.69) is 122 Å². The molecule has 1 N–H and O–H groups in total. The SMILES string of the molecule is CC1=CC=CCC=C1.CCN(Cc1ccccc1)CC(C)(C)c1cc(OC)ccc1NC.CCl. The maximum atomic E-state index is 5.44. The third-order valence-corrected chi connectivity index (χ3v) is 5.69. The second-order valence-electron chi connectivity index (χ2n) is 8.81. The van der Waals surface area contributed by atoms with Crippen LogP contribution in [0.1, 0.15) is 45.2 Å². The van der Waals surface area contributed by atoms with Crippen molar-refractivity contribution in [2.75, 3.05) is 38.9 Å². The fourth-order valence-electron chi connectivity index (χ4n) is 3.88. The zero-order chi connectivity index (χ0) is 25.4. The Bertz CT molecular complexity index is 917. The summed E-state index contributed by atoms with van der Waals surface area (Å²) in [5, 5.41) is 3.32. The van der Waals surface area contributed by atoms with E-state index in [1.54, 1.807) is 7.11 Å². The Morgan fingerprint density at radius 1 is 1.06 bits per heavy atom. The number of likely N-dealkylation sites (N-methyl/N-ethyl adjacent to an activating group) is 1. The van der Waals surface area contributed by atoms with Gasteiger partial charge in [0.1, 0.15) is 5.75 Å². The van der Waals surface area contributed by atoms with Crippen LogP contribution in [0.2, 0.25) is 0 Å². The predicted octanol–water partition coefficient (Wildman–Crippen LogP) is 7.84. The summed E-state index contributed by atoms with van der Waals surface area (Å²) < 4.78 is 5.44. The molecule has 0 fully saturated rings. The smallest absolute Gasteiger partial charge is 0.119 e. The van der Waals surface area contributed by atoms with Crippen LogP contribution < -0.4 is 10.1 Å². The van der Waals surface area contributed by atoms with Crippen molar-refractivity contribution in [3.63, 3.8) is 0 Å². The first kappa shape index (κ1) is 29.5. The van der Waals surface area contributed by atoms with Gasteiger partial charge in [0.2, 0.25) is 0 Å². The van der Waals surface area contributed by atoms with Crippen molar-refractivity contribution in [1.82, 2.24) is 4.90 Å². The highest BCUT2D eigenvalue weighted by molar-refractivity contribution is 6.15. The number of ether oxygens (including phenoxy) is 1. The number of anilines is 1. The van der Waals surface area contributed by atoms with Gasteiger partial charge in [0.25, 0.3) is 0 Å². The summed E-state index contributed by atoms with van der Waals surface area (Å²) >= 11 is 4.64. The maximum absolute atomic E-state index is 5.44. The molecule has 0 aromatic heterocycles. The van der Waals surface area contributed by atoms with Crippen molar-refractivity contribution in [2.45, 2.75) is 46.1 Å². The third-order valence-electron chi connectivity index (χ3n) is 5.69. The predicted molar refractivity (Wildman–Crippen MR) is 151 cm³/mol. The highest BCUT2D eigenvalue weighted by Crippen LogP contribution is 2.34. The van der Waals surface area contributed by atoms with E-state index in [1.807, 2.05) is 13.1 Å². The van der Waals surface area contributed by atoms with E-state index in [9.17, 15) is 0 Å². The van der Waals surface area contributed by atoms with Gasteiger partial charge < -0.3 is 10.1 Å². The molecule has 0 unspecified atom stereocenters. The molecule has 186 valence electrons. The molecule has 4 heteroatoms. The van der Waals surface area contributed by atoms with Gasteiger partial charge in [-0.15, -0.1) is 11.6 Å². The quantitative estimate of drug-likeness (QED) is 0.388. The second kappa shape index (κ2) is 16.2. The number of hydrogen-bond donors (Lipinski definition) is 1. The number of hydrogen-bond acceptors (Lipinski definition) is 3. The number of nitrogens with zero attached hydrogens (tertiary/aromatic N) is 1. The Morgan fingerprint density at radius 2 is 1.76 bits per heavy atom. The molecule has 3 nitrogen and oxygen atoms in total. The summed E-state index contributed by atoms with van der Waals surface area (Å²) in [6, 6.07) is 16.9. The fourth-order valence-corrected chi connectivity index (χ4v) is 3.88. The molecule has 1 aliphatic carbocycles. The molecule has 0 saturated heterocycles. The first-order chi connectivity index (χ1) is 16.4. The minimum Gasteiger partial charge on any atom is -0.497 e. The van der Waals surface area contributed by atoms with Gasteiger partial charge in [-0.25, -0.2) is 0 Å². The van der Waals surface area contributed by atoms with Crippen molar-refractivity contribution in [2.24, 2.45) is 0 Å². The standard InChI is InChI=1S/C21H30N2O.C8H10.CH3Cl/c1-6-23(15-17-10-8-7-9-11-17)16-21(2,3)19-14-18(24-5)12-13-20(19)22-4;1-8-6-4-2-3-5-7-8;1-2/h7-14,22H,6,15-16H2,1-5H3;2,4-7H,3H2,1H3;1H3. The number of rotatable bonds is 8. The van der Waals surface area contributed by atoms with E-state index in [-0.39, 0.29) is 5.41 Å². The molecule has 0 radical (unpaired) electrons. The lowest BCUT2D eigenvalue weighted by atomic mass is 9.82. The van der Waals surface area contributed by atoms with Crippen molar-refractivity contribution in [3.05, 3.63) is 95.6 Å². The fraction of sp³-hybridized carbons (Fsp3) is 0.400. The molecule has 1 aliphatic rings. The average Bonchev–Trinajstić information content (AvgIpc) is 3.12. The van der Waals surface area contributed by atoms with Gasteiger partial charge in [0.05, 0.1) is 7.11 Å². The lowest BCUT2D eigenvalue weighted by Gasteiger charge is -2.34. The Morgan fingerprint density at radius 3 is 2.38 bits per heavy atom. The largest absolute Gasteiger partial charge is 0.497 e. The molecular formula is C30H43ClN2O. The van der Waals surface area contributed by atoms with Gasteiger partial charge in [0.15, 0.2) is 0 Å². The zero-order valence-electron chi connectivity index (χ0n) is 22.1. The summed E-state index contributed by atoms with van der Waals surface area (Å²) in [7, 11) is 3.70. The van der Waals surface area contributed by atoms with Crippen molar-refractivity contribution >= 4 is 17.3 Å². The molecule has 0 bridgehead atoms. The van der Waals surface area contributed by atoms with Crippen LogP contribution >= 0.6 is 11.6 Å². The Labute approximate surface area is 213 Å². The number of nitrogens with one attached hydrogen (secondary N) is 1. The lowest BCUT2D eigenvalue weighted by Crippen LogP contribution is -2.37. The van der Waals surface area contributed by atoms with E-state index < -0.39 is 0 Å². The first-order valence-electron chi connectivity index (χ1n) is 11.9. The number of alkyl halides is 1. The van der Waals surface area contributed by atoms with Crippen LogP contribution in [0, 0.1) is 0 Å². The molecular weight excluding hydrogens is 440 g/mol. The topological polar surface area (TPSA) is 24.5 Å². The Kier molecular flexibility index (Phi) is 14.1. The van der Waals surface area contributed by atoms with E-state index in [4.69, 9.17) is 4.74 Å². The van der Waals surface area contributed by atoms with Gasteiger partial charge >= 0.3 is 0 Å². The molecule has 0 spiro atoms. The normalized spacial score (nSPS) is 12.6. The molecule has 2 aromatic rings. The molecule has 3 rings (SSSR count). The molecule has 0 saturated carbocycles. The van der Waals surface area contributed by atoms with E-state index in [0.717, 1.165) is 37.5 Å². The number of allylic oxidation sites excluding steroid dienone is 6. The minimum atomic E-state index is 0.0116. The monoisotopic (exact) mass is 482 g/mol. The van der Waals surface area contributed by atoms with E-state index >= 15 is 0 Å². The van der Waals surface area contributed by atoms with Crippen LogP contribution in [0.25, 0.3) is 0 Å². The molecule has 0 heterocycles. The molecule has 2 aromatic carbocycles. The van der Waals surface area contributed by atoms with E-state index in [1.165, 1.54) is 23.1 Å². The highest BCUT2D eigenvalue weighted by atomic mass is 35.5. The Hall–Kier alpha value is -2.49. The van der Waals surface area contributed by atoms with Crippen LogP contribution in [0.4, 0.5) is 5.69 Å². The van der Waals surface area contributed by atoms with E-state index in [0.29, 0.717) is 0 Å². The Balaban J connectivity index is 0.000000483. The summed E-state index contributed by atoms with van der Waals surface area (Å²) in [6.45, 7) is 11.9. The summed E-state index contributed by atoms with van der Waals surface area (Å²) in [4.78, 5) is 2.49. The first-order valence-corrected chi connectivity index (χ1v) is 12.7. The van der Waals surface area contributed by atoms with Gasteiger partial charge in [0, 0.05) is 37.6 Å². The number of halogens is 1. The number of benzene rings is 2. The summed E-state index contributed by atoms with van der Waals surface area (Å²) in [6.07, 6.45) is 13.2. The maximum Gasteiger partial charge on any atom is 0.119 e. The third kappa shape index (κ3) is 10.2. The average molecular weight is 483 g/mol. The molecule has 0 amide bonds. The lowest BCUT2D eigenvalue weighted by molar-refractivity contribution is 0.226. The van der Waals surface area contributed by atoms with Crippen LogP contribution in [0.5, 0.6) is 5.75 Å². The molecule has 34 heavy (non-hydrogen) atoms. The van der Waals surface area contributed by atoms with Crippen LogP contribution in [0.15, 0.2) is 84.5 Å². The van der Waals surface area contributed by atoms with Gasteiger partial charge in [-0.05, 0) is 49.2 Å². The second-order valence-corrected chi connectivity index (χ2v) is 8.81. The van der Waals surface area contributed by atoms with Crippen LogP contribution in [-0.4, -0.2) is 38.5 Å². The summed E-state index contributed by atoms with van der Waals surface area (Å²) in [5.74, 6) is 0.906. The minimum absolute atomic E-state index is 0.0116. The van der Waals surface area contributed by atoms with Crippen molar-refractivity contribution in [1.29, 1.82) is 0 Å². The van der Waals surface area contributed by atoms with Crippen molar-refractivity contribution < 1.29 is 4.74 Å². The van der Waals surface area contributed by atoms with Crippen molar-refractivity contribution in [3.8, 4) is 5.75 Å². The summed E-state index contributed by atoms with van der Waals surface area (Å²) in [5.41, 5.74) is 5.15. The van der Waals surface area contributed by atoms with Gasteiger partial charge in [-0.2, -0.15) is 0 Å². The van der Waals surface area contributed by atoms with Gasteiger partial charge in [-0.1, -0.05) is 87.1 Å². The number of methoxy groups -OCH3 is 1. The zero-order valence-corrected chi connectivity index (χ0v) is 22.8. The molecule has 0 aliphatic heterocycles. The van der Waals surface area contributed by atoms with Crippen LogP contribution in [-0.2, 0) is 12.0 Å². The molecule has 0 atom stereocenters.